The SMILES string of the molecule is O=C(Nc1cccc2c1CCCN2C(=O)CCCc1nc(-c2cccs2)no1)c1ccc(F)cc1. The van der Waals surface area contributed by atoms with Crippen molar-refractivity contribution in [3.05, 3.63) is 82.8 Å². The Labute approximate surface area is 205 Å². The molecule has 4 aromatic rings. The van der Waals surface area contributed by atoms with E-state index >= 15 is 0 Å². The summed E-state index contributed by atoms with van der Waals surface area (Å²) in [6.07, 6.45) is 3.03. The molecule has 2 amide bonds. The molecule has 3 heterocycles. The summed E-state index contributed by atoms with van der Waals surface area (Å²) in [5.41, 5.74) is 2.79. The summed E-state index contributed by atoms with van der Waals surface area (Å²) in [6.45, 7) is 0.629. The van der Waals surface area contributed by atoms with Crippen LogP contribution in [0.25, 0.3) is 10.7 Å². The van der Waals surface area contributed by atoms with E-state index in [-0.39, 0.29) is 11.8 Å². The van der Waals surface area contributed by atoms with Crippen LogP contribution in [0.4, 0.5) is 15.8 Å². The van der Waals surface area contributed by atoms with Crippen LogP contribution in [0, 0.1) is 5.82 Å². The van der Waals surface area contributed by atoms with Gasteiger partial charge in [0.1, 0.15) is 5.82 Å². The molecule has 35 heavy (non-hydrogen) atoms. The molecule has 7 nitrogen and oxygen atoms in total. The smallest absolute Gasteiger partial charge is 0.255 e. The molecule has 0 atom stereocenters. The molecular weight excluding hydrogens is 467 g/mol. The van der Waals surface area contributed by atoms with E-state index in [0.717, 1.165) is 29.0 Å². The Hall–Kier alpha value is -3.85. The molecule has 0 bridgehead atoms. The van der Waals surface area contributed by atoms with E-state index < -0.39 is 5.82 Å². The Morgan fingerprint density at radius 2 is 1.97 bits per heavy atom. The van der Waals surface area contributed by atoms with Crippen molar-refractivity contribution in [2.24, 2.45) is 0 Å². The van der Waals surface area contributed by atoms with Crippen LogP contribution < -0.4 is 10.2 Å². The van der Waals surface area contributed by atoms with Crippen molar-refractivity contribution >= 4 is 34.5 Å². The van der Waals surface area contributed by atoms with E-state index in [1.165, 1.54) is 24.3 Å². The Kier molecular flexibility index (Phi) is 6.67. The zero-order valence-corrected chi connectivity index (χ0v) is 19.7. The maximum atomic E-state index is 13.2. The van der Waals surface area contributed by atoms with Crippen molar-refractivity contribution in [1.29, 1.82) is 0 Å². The summed E-state index contributed by atoms with van der Waals surface area (Å²) in [4.78, 5) is 32.9. The summed E-state index contributed by atoms with van der Waals surface area (Å²) in [5.74, 6) is 0.400. The maximum absolute atomic E-state index is 13.2. The predicted octanol–water partition coefficient (Wildman–Crippen LogP) is 5.49. The Morgan fingerprint density at radius 3 is 2.77 bits per heavy atom. The van der Waals surface area contributed by atoms with Crippen molar-refractivity contribution in [2.75, 3.05) is 16.8 Å². The third kappa shape index (κ3) is 5.14. The van der Waals surface area contributed by atoms with Gasteiger partial charge in [-0.1, -0.05) is 17.3 Å². The quantitative estimate of drug-likeness (QED) is 0.370. The number of nitrogens with zero attached hydrogens (tertiary/aromatic N) is 3. The van der Waals surface area contributed by atoms with Gasteiger partial charge in [0.2, 0.25) is 17.6 Å². The highest BCUT2D eigenvalue weighted by Gasteiger charge is 2.25. The number of anilines is 2. The fourth-order valence-corrected chi connectivity index (χ4v) is 4.83. The van der Waals surface area contributed by atoms with E-state index in [4.69, 9.17) is 4.52 Å². The number of carbonyl (C=O) groups excluding carboxylic acids is 2. The topological polar surface area (TPSA) is 88.3 Å². The van der Waals surface area contributed by atoms with Gasteiger partial charge in [-0.2, -0.15) is 4.98 Å². The van der Waals surface area contributed by atoms with Gasteiger partial charge in [-0.15, -0.1) is 11.3 Å². The maximum Gasteiger partial charge on any atom is 0.255 e. The van der Waals surface area contributed by atoms with Crippen LogP contribution in [0.3, 0.4) is 0 Å². The number of carbonyl (C=O) groups is 2. The normalized spacial score (nSPS) is 12.9. The average Bonchev–Trinajstić information content (AvgIpc) is 3.57. The van der Waals surface area contributed by atoms with Crippen molar-refractivity contribution in [3.8, 4) is 10.7 Å². The third-order valence-electron chi connectivity index (χ3n) is 5.90. The van der Waals surface area contributed by atoms with Gasteiger partial charge in [0.15, 0.2) is 0 Å². The number of fused-ring (bicyclic) bond motifs is 1. The van der Waals surface area contributed by atoms with Crippen LogP contribution in [-0.2, 0) is 17.6 Å². The number of halogens is 1. The molecule has 0 fully saturated rings. The second-order valence-electron chi connectivity index (χ2n) is 8.26. The molecule has 0 saturated heterocycles. The molecule has 0 unspecified atom stereocenters. The van der Waals surface area contributed by atoms with Crippen molar-refractivity contribution in [3.63, 3.8) is 0 Å². The number of aromatic nitrogens is 2. The highest BCUT2D eigenvalue weighted by molar-refractivity contribution is 7.13. The summed E-state index contributed by atoms with van der Waals surface area (Å²) in [5, 5.41) is 8.89. The number of thiophene rings is 1. The fraction of sp³-hybridized carbons (Fsp3) is 0.231. The van der Waals surface area contributed by atoms with Crippen LogP contribution in [0.5, 0.6) is 0 Å². The van der Waals surface area contributed by atoms with E-state index in [1.54, 1.807) is 16.2 Å². The first-order chi connectivity index (χ1) is 17.1. The molecule has 1 aliphatic rings. The number of benzene rings is 2. The molecular formula is C26H23FN4O3S. The van der Waals surface area contributed by atoms with Gasteiger partial charge >= 0.3 is 0 Å². The molecule has 0 saturated carbocycles. The Bertz CT molecular complexity index is 1340. The Balaban J connectivity index is 1.23. The molecule has 0 spiro atoms. The van der Waals surface area contributed by atoms with Gasteiger partial charge in [-0.3, -0.25) is 9.59 Å². The monoisotopic (exact) mass is 490 g/mol. The standard InChI is InChI=1S/C26H23FN4O3S/c27-18-13-11-17(12-14-18)26(33)28-20-6-1-7-21-19(20)5-3-15-31(21)24(32)10-2-9-23-29-25(30-34-23)22-8-4-16-35-22/h1,4,6-8,11-14,16H,2-3,5,9-10,15H2,(H,28,33). The lowest BCUT2D eigenvalue weighted by molar-refractivity contribution is -0.118. The molecule has 1 N–H and O–H groups in total. The van der Waals surface area contributed by atoms with Gasteiger partial charge in [0.05, 0.1) is 4.88 Å². The number of amides is 2. The number of nitrogens with one attached hydrogen (secondary N) is 1. The third-order valence-corrected chi connectivity index (χ3v) is 6.76. The minimum Gasteiger partial charge on any atom is -0.339 e. The number of aryl methyl sites for hydroxylation is 1. The summed E-state index contributed by atoms with van der Waals surface area (Å²) in [7, 11) is 0. The number of rotatable bonds is 7. The fourth-order valence-electron chi connectivity index (χ4n) is 4.18. The molecule has 5 rings (SSSR count). The molecule has 1 aliphatic heterocycles. The van der Waals surface area contributed by atoms with E-state index in [1.807, 2.05) is 35.7 Å². The minimum atomic E-state index is -0.394. The number of hydrogen-bond acceptors (Lipinski definition) is 6. The van der Waals surface area contributed by atoms with Gasteiger partial charge in [0.25, 0.3) is 5.91 Å². The van der Waals surface area contributed by atoms with E-state index in [0.29, 0.717) is 48.8 Å². The lowest BCUT2D eigenvalue weighted by atomic mass is 9.98. The second-order valence-corrected chi connectivity index (χ2v) is 9.20. The van der Waals surface area contributed by atoms with Gasteiger partial charge in [-0.05, 0) is 72.7 Å². The number of hydrogen-bond donors (Lipinski definition) is 1. The van der Waals surface area contributed by atoms with Crippen molar-refractivity contribution < 1.29 is 18.5 Å². The highest BCUT2D eigenvalue weighted by Crippen LogP contribution is 2.33. The lowest BCUT2D eigenvalue weighted by Gasteiger charge is -2.31. The van der Waals surface area contributed by atoms with E-state index in [9.17, 15) is 14.0 Å². The van der Waals surface area contributed by atoms with Gasteiger partial charge in [-0.25, -0.2) is 4.39 Å². The average molecular weight is 491 g/mol. The van der Waals surface area contributed by atoms with Gasteiger partial charge < -0.3 is 14.7 Å². The molecule has 178 valence electrons. The van der Waals surface area contributed by atoms with Crippen molar-refractivity contribution in [2.45, 2.75) is 32.1 Å². The first-order valence-corrected chi connectivity index (χ1v) is 12.3. The molecule has 9 heteroatoms. The Morgan fingerprint density at radius 1 is 1.11 bits per heavy atom. The van der Waals surface area contributed by atoms with Crippen LogP contribution >= 0.6 is 11.3 Å². The first kappa shape index (κ1) is 22.9. The minimum absolute atomic E-state index is 0.0194. The zero-order chi connectivity index (χ0) is 24.2. The second kappa shape index (κ2) is 10.2. The summed E-state index contributed by atoms with van der Waals surface area (Å²) < 4.78 is 18.5. The first-order valence-electron chi connectivity index (χ1n) is 11.4. The zero-order valence-electron chi connectivity index (χ0n) is 18.9. The van der Waals surface area contributed by atoms with Crippen molar-refractivity contribution in [1.82, 2.24) is 10.1 Å². The summed E-state index contributed by atoms with van der Waals surface area (Å²) >= 11 is 1.55. The van der Waals surface area contributed by atoms with E-state index in [2.05, 4.69) is 15.5 Å². The molecule has 0 aliphatic carbocycles. The van der Waals surface area contributed by atoms with Crippen LogP contribution in [0.15, 0.2) is 64.5 Å². The predicted molar refractivity (Wildman–Crippen MR) is 132 cm³/mol. The van der Waals surface area contributed by atoms with Crippen LogP contribution in [-0.4, -0.2) is 28.5 Å². The summed E-state index contributed by atoms with van der Waals surface area (Å²) in [6, 6.07) is 14.8. The van der Waals surface area contributed by atoms with Crippen LogP contribution in [0.1, 0.15) is 41.1 Å². The molecule has 2 aromatic heterocycles. The largest absolute Gasteiger partial charge is 0.339 e. The highest BCUT2D eigenvalue weighted by atomic mass is 32.1. The van der Waals surface area contributed by atoms with Crippen LogP contribution in [0.2, 0.25) is 0 Å². The molecule has 0 radical (unpaired) electrons. The lowest BCUT2D eigenvalue weighted by Crippen LogP contribution is -2.35. The molecule has 2 aromatic carbocycles. The van der Waals surface area contributed by atoms with Gasteiger partial charge in [0, 0.05) is 36.3 Å².